The first kappa shape index (κ1) is 9.01. The van der Waals surface area contributed by atoms with E-state index in [1.54, 1.807) is 29.1 Å². The minimum atomic E-state index is -0.363. The number of thioether (sulfide) groups is 1. The lowest BCUT2D eigenvalue weighted by molar-refractivity contribution is -0.580. The summed E-state index contributed by atoms with van der Waals surface area (Å²) in [6.07, 6.45) is 3.56. The van der Waals surface area contributed by atoms with Crippen LogP contribution in [0.5, 0.6) is 0 Å². The molecule has 72 valence electrons. The Labute approximate surface area is 83.9 Å². The zero-order valence-electron chi connectivity index (χ0n) is 7.43. The number of aromatic amines is 1. The van der Waals surface area contributed by atoms with Crippen LogP contribution in [0.25, 0.3) is 5.52 Å². The summed E-state index contributed by atoms with van der Waals surface area (Å²) in [5.41, 5.74) is 0.722. The quantitative estimate of drug-likeness (QED) is 0.352. The van der Waals surface area contributed by atoms with Crippen molar-refractivity contribution in [3.63, 3.8) is 0 Å². The van der Waals surface area contributed by atoms with Crippen LogP contribution < -0.4 is 4.52 Å². The highest BCUT2D eigenvalue weighted by atomic mass is 32.2. The number of hydrogen-bond acceptors (Lipinski definition) is 3. The Morgan fingerprint density at radius 2 is 2.36 bits per heavy atom. The van der Waals surface area contributed by atoms with Crippen molar-refractivity contribution in [3.05, 3.63) is 34.5 Å². The maximum Gasteiger partial charge on any atom is 0.377 e. The van der Waals surface area contributed by atoms with Gasteiger partial charge in [0.15, 0.2) is 0 Å². The van der Waals surface area contributed by atoms with E-state index in [-0.39, 0.29) is 10.6 Å². The lowest BCUT2D eigenvalue weighted by atomic mass is 10.4. The molecule has 0 unspecified atom stereocenters. The van der Waals surface area contributed by atoms with Crippen molar-refractivity contribution in [1.29, 1.82) is 0 Å². The van der Waals surface area contributed by atoms with Crippen LogP contribution in [-0.2, 0) is 0 Å². The Morgan fingerprint density at radius 1 is 1.57 bits per heavy atom. The van der Waals surface area contributed by atoms with Crippen LogP contribution in [0.1, 0.15) is 0 Å². The summed E-state index contributed by atoms with van der Waals surface area (Å²) in [6, 6.07) is 5.31. The SMILES string of the molecule is CSc1[nH][n+]2ccccc2c1[N+](=O)[O-]. The molecule has 14 heavy (non-hydrogen) atoms. The molecule has 6 heteroatoms. The Hall–Kier alpha value is -1.56. The molecule has 0 saturated carbocycles. The average molecular weight is 210 g/mol. The molecule has 0 aliphatic heterocycles. The number of nitrogens with zero attached hydrogens (tertiary/aromatic N) is 2. The van der Waals surface area contributed by atoms with Gasteiger partial charge in [0.05, 0.1) is 4.92 Å². The number of rotatable bonds is 2. The Bertz CT molecular complexity index is 494. The van der Waals surface area contributed by atoms with Gasteiger partial charge in [-0.25, -0.2) is 0 Å². The van der Waals surface area contributed by atoms with Crippen LogP contribution in [0, 0.1) is 10.1 Å². The molecule has 0 bridgehead atoms. The van der Waals surface area contributed by atoms with E-state index in [9.17, 15) is 10.1 Å². The van der Waals surface area contributed by atoms with Crippen LogP contribution >= 0.6 is 11.8 Å². The summed E-state index contributed by atoms with van der Waals surface area (Å²) in [5.74, 6) is 0. The van der Waals surface area contributed by atoms with Crippen molar-refractivity contribution in [1.82, 2.24) is 5.10 Å². The highest BCUT2D eigenvalue weighted by Crippen LogP contribution is 2.27. The molecule has 0 aliphatic carbocycles. The van der Waals surface area contributed by atoms with Gasteiger partial charge < -0.3 is 0 Å². The summed E-state index contributed by atoms with van der Waals surface area (Å²) < 4.78 is 1.64. The molecule has 5 nitrogen and oxygen atoms in total. The molecule has 0 amide bonds. The second kappa shape index (κ2) is 3.30. The second-order valence-electron chi connectivity index (χ2n) is 2.71. The third kappa shape index (κ3) is 1.24. The Morgan fingerprint density at radius 3 is 3.00 bits per heavy atom. The van der Waals surface area contributed by atoms with Crippen LogP contribution in [0.15, 0.2) is 29.4 Å². The summed E-state index contributed by atoms with van der Waals surface area (Å²) in [7, 11) is 0. The third-order valence-corrected chi connectivity index (χ3v) is 2.62. The van der Waals surface area contributed by atoms with Crippen molar-refractivity contribution in [2.45, 2.75) is 5.03 Å². The molecule has 2 heterocycles. The molecule has 0 spiro atoms. The fourth-order valence-corrected chi connectivity index (χ4v) is 1.89. The monoisotopic (exact) mass is 210 g/mol. The highest BCUT2D eigenvalue weighted by Gasteiger charge is 2.27. The average Bonchev–Trinajstić information content (AvgIpc) is 2.55. The number of pyridine rings is 1. The first-order chi connectivity index (χ1) is 6.74. The van der Waals surface area contributed by atoms with Gasteiger partial charge in [0.1, 0.15) is 0 Å². The summed E-state index contributed by atoms with van der Waals surface area (Å²) in [4.78, 5) is 10.5. The second-order valence-corrected chi connectivity index (χ2v) is 3.52. The standard InChI is InChI=1S/C8H7N3O2S/c1-14-8-7(11(12)13)6-4-2-3-5-10(6)9-8/h2-5H,1H3/p+1. The van der Waals surface area contributed by atoms with E-state index in [1.807, 2.05) is 6.07 Å². The Kier molecular flexibility index (Phi) is 2.12. The molecule has 1 N–H and O–H groups in total. The van der Waals surface area contributed by atoms with Gasteiger partial charge in [-0.05, 0) is 12.3 Å². The predicted octanol–water partition coefficient (Wildman–Crippen LogP) is 1.38. The zero-order valence-corrected chi connectivity index (χ0v) is 8.25. The van der Waals surface area contributed by atoms with E-state index in [4.69, 9.17) is 0 Å². The maximum absolute atomic E-state index is 10.8. The largest absolute Gasteiger partial charge is 0.377 e. The van der Waals surface area contributed by atoms with Gasteiger partial charge in [-0.15, -0.1) is 5.10 Å². The van der Waals surface area contributed by atoms with Crippen LogP contribution in [0.3, 0.4) is 0 Å². The number of fused-ring (bicyclic) bond motifs is 1. The Balaban J connectivity index is 2.81. The van der Waals surface area contributed by atoms with Crippen molar-refractivity contribution in [3.8, 4) is 0 Å². The predicted molar refractivity (Wildman–Crippen MR) is 52.4 cm³/mol. The van der Waals surface area contributed by atoms with Gasteiger partial charge in [0.2, 0.25) is 11.2 Å². The van der Waals surface area contributed by atoms with Gasteiger partial charge in [-0.1, -0.05) is 16.3 Å². The van der Waals surface area contributed by atoms with E-state index in [0.29, 0.717) is 10.5 Å². The van der Waals surface area contributed by atoms with E-state index in [2.05, 4.69) is 5.10 Å². The maximum atomic E-state index is 10.8. The lowest BCUT2D eigenvalue weighted by Crippen LogP contribution is -2.21. The number of aromatic nitrogens is 2. The third-order valence-electron chi connectivity index (χ3n) is 1.93. The van der Waals surface area contributed by atoms with Gasteiger partial charge >= 0.3 is 11.2 Å². The van der Waals surface area contributed by atoms with E-state index in [1.165, 1.54) is 11.8 Å². The van der Waals surface area contributed by atoms with Gasteiger partial charge in [0.25, 0.3) is 0 Å². The topological polar surface area (TPSA) is 63.0 Å². The smallest absolute Gasteiger partial charge is 0.258 e. The van der Waals surface area contributed by atoms with E-state index in [0.717, 1.165) is 0 Å². The minimum Gasteiger partial charge on any atom is -0.258 e. The van der Waals surface area contributed by atoms with Crippen molar-refractivity contribution < 1.29 is 9.44 Å². The molecule has 0 aliphatic rings. The van der Waals surface area contributed by atoms with Crippen LogP contribution in [0.4, 0.5) is 5.69 Å². The molecule has 0 aromatic carbocycles. The molecule has 0 radical (unpaired) electrons. The first-order valence-corrected chi connectivity index (χ1v) is 5.17. The van der Waals surface area contributed by atoms with Crippen LogP contribution in [-0.4, -0.2) is 16.3 Å². The summed E-state index contributed by atoms with van der Waals surface area (Å²) in [6.45, 7) is 0. The molecule has 0 atom stereocenters. The summed E-state index contributed by atoms with van der Waals surface area (Å²) >= 11 is 1.33. The summed E-state index contributed by atoms with van der Waals surface area (Å²) in [5, 5.41) is 14.3. The molecule has 2 aromatic heterocycles. The van der Waals surface area contributed by atoms with Crippen molar-refractivity contribution in [2.75, 3.05) is 6.26 Å². The van der Waals surface area contributed by atoms with Gasteiger partial charge in [0, 0.05) is 12.1 Å². The number of hydrogen-bond donors (Lipinski definition) is 1. The lowest BCUT2D eigenvalue weighted by Gasteiger charge is -1.85. The van der Waals surface area contributed by atoms with Crippen molar-refractivity contribution in [2.24, 2.45) is 0 Å². The molecule has 2 rings (SSSR count). The number of nitro groups is 1. The fourth-order valence-electron chi connectivity index (χ4n) is 1.33. The normalized spacial score (nSPS) is 10.6. The highest BCUT2D eigenvalue weighted by molar-refractivity contribution is 7.98. The van der Waals surface area contributed by atoms with Gasteiger partial charge in [-0.3, -0.25) is 10.1 Å². The first-order valence-electron chi connectivity index (χ1n) is 3.95. The molecule has 2 aromatic rings. The molecule has 0 saturated heterocycles. The molecule has 0 fully saturated rings. The van der Waals surface area contributed by atoms with E-state index >= 15 is 0 Å². The number of nitrogens with one attached hydrogen (secondary N) is 1. The van der Waals surface area contributed by atoms with Gasteiger partial charge in [-0.2, -0.15) is 0 Å². The zero-order chi connectivity index (χ0) is 10.1. The fraction of sp³-hybridized carbons (Fsp3) is 0.125. The number of H-pyrrole nitrogens is 1. The minimum absolute atomic E-state index is 0.137. The van der Waals surface area contributed by atoms with Crippen molar-refractivity contribution >= 4 is 23.0 Å². The molecular formula is C8H8N3O2S+. The molecular weight excluding hydrogens is 202 g/mol. The van der Waals surface area contributed by atoms with Crippen LogP contribution in [0.2, 0.25) is 0 Å². The van der Waals surface area contributed by atoms with E-state index < -0.39 is 0 Å².